The summed E-state index contributed by atoms with van der Waals surface area (Å²) in [6, 6.07) is 5.33. The minimum absolute atomic E-state index is 0.0546. The number of aromatic hydroxyl groups is 1. The number of methoxy groups -OCH3 is 2. The van der Waals surface area contributed by atoms with Crippen LogP contribution in [0, 0.1) is 0 Å². The molecule has 0 spiro atoms. The van der Waals surface area contributed by atoms with Gasteiger partial charge < -0.3 is 30.1 Å². The molecular weight excluding hydrogens is 450 g/mol. The van der Waals surface area contributed by atoms with Gasteiger partial charge in [0.15, 0.2) is 17.3 Å². The van der Waals surface area contributed by atoms with E-state index < -0.39 is 5.91 Å². The summed E-state index contributed by atoms with van der Waals surface area (Å²) in [5, 5.41) is 18.3. The number of ether oxygens (including phenoxy) is 2. The molecule has 0 bridgehead atoms. The third-order valence-corrected chi connectivity index (χ3v) is 5.90. The Morgan fingerprint density at radius 3 is 2.63 bits per heavy atom. The molecule has 35 heavy (non-hydrogen) atoms. The van der Waals surface area contributed by atoms with E-state index in [1.54, 1.807) is 37.8 Å². The summed E-state index contributed by atoms with van der Waals surface area (Å²) < 4.78 is 12.1. The van der Waals surface area contributed by atoms with Crippen molar-refractivity contribution in [1.82, 2.24) is 24.8 Å². The van der Waals surface area contributed by atoms with Gasteiger partial charge in [-0.1, -0.05) is 0 Å². The molecule has 4 heterocycles. The molecule has 180 valence electrons. The molecule has 1 fully saturated rings. The summed E-state index contributed by atoms with van der Waals surface area (Å²) in [6.07, 6.45) is 7.88. The lowest BCUT2D eigenvalue weighted by Gasteiger charge is -2.30. The van der Waals surface area contributed by atoms with Gasteiger partial charge >= 0.3 is 0 Å². The second kappa shape index (κ2) is 9.47. The number of carbonyl (C=O) groups excluding carboxylic acids is 1. The molecule has 1 aliphatic heterocycles. The Morgan fingerprint density at radius 2 is 1.86 bits per heavy atom. The third kappa shape index (κ3) is 4.28. The molecule has 0 unspecified atom stereocenters. The predicted molar refractivity (Wildman–Crippen MR) is 131 cm³/mol. The number of hydrogen-bond acceptors (Lipinski definition) is 9. The zero-order valence-corrected chi connectivity index (χ0v) is 19.4. The zero-order chi connectivity index (χ0) is 24.4. The number of amides is 1. The summed E-state index contributed by atoms with van der Waals surface area (Å²) in [4.78, 5) is 28.1. The van der Waals surface area contributed by atoms with E-state index in [9.17, 15) is 9.90 Å². The Hall–Kier alpha value is -4.38. The normalized spacial score (nSPS) is 13.6. The Labute approximate surface area is 201 Å². The molecule has 1 aliphatic rings. The van der Waals surface area contributed by atoms with Crippen LogP contribution in [0.1, 0.15) is 10.5 Å². The minimum atomic E-state index is -0.428. The molecule has 11 heteroatoms. The lowest BCUT2D eigenvalue weighted by molar-refractivity contribution is 0.102. The van der Waals surface area contributed by atoms with E-state index in [0.717, 1.165) is 31.9 Å². The van der Waals surface area contributed by atoms with Crippen LogP contribution in [0.2, 0.25) is 0 Å². The molecule has 3 aromatic heterocycles. The van der Waals surface area contributed by atoms with Crippen LogP contribution in [0.25, 0.3) is 16.6 Å². The average molecular weight is 476 g/mol. The van der Waals surface area contributed by atoms with Crippen molar-refractivity contribution in [2.24, 2.45) is 0 Å². The van der Waals surface area contributed by atoms with Crippen molar-refractivity contribution >= 4 is 28.1 Å². The van der Waals surface area contributed by atoms with Crippen LogP contribution in [-0.4, -0.2) is 70.9 Å². The van der Waals surface area contributed by atoms with Crippen molar-refractivity contribution in [2.45, 2.75) is 0 Å². The second-order valence-electron chi connectivity index (χ2n) is 7.96. The number of piperazine rings is 1. The van der Waals surface area contributed by atoms with Crippen LogP contribution >= 0.6 is 0 Å². The first-order valence-electron chi connectivity index (χ1n) is 11.1. The Bertz CT molecular complexity index is 1380. The first-order valence-corrected chi connectivity index (χ1v) is 11.1. The van der Waals surface area contributed by atoms with Gasteiger partial charge in [0.25, 0.3) is 5.91 Å². The summed E-state index contributed by atoms with van der Waals surface area (Å²) >= 11 is 0. The topological polar surface area (TPSA) is 127 Å². The monoisotopic (exact) mass is 475 g/mol. The summed E-state index contributed by atoms with van der Waals surface area (Å²) in [7, 11) is 3.07. The Kier molecular flexibility index (Phi) is 6.06. The van der Waals surface area contributed by atoms with Gasteiger partial charge in [0, 0.05) is 49.3 Å². The van der Waals surface area contributed by atoms with Crippen molar-refractivity contribution < 1.29 is 19.4 Å². The fourth-order valence-corrected chi connectivity index (χ4v) is 4.13. The van der Waals surface area contributed by atoms with E-state index in [1.165, 1.54) is 24.1 Å². The Balaban J connectivity index is 1.45. The summed E-state index contributed by atoms with van der Waals surface area (Å²) in [5.74, 6) is 0.833. The first kappa shape index (κ1) is 22.4. The van der Waals surface area contributed by atoms with Gasteiger partial charge in [0.05, 0.1) is 44.2 Å². The highest BCUT2D eigenvalue weighted by Crippen LogP contribution is 2.38. The van der Waals surface area contributed by atoms with Crippen LogP contribution in [0.4, 0.5) is 11.4 Å². The number of nitrogens with zero attached hydrogens (tertiary/aromatic N) is 5. The molecule has 5 rings (SSSR count). The maximum absolute atomic E-state index is 13.1. The number of pyridine rings is 1. The third-order valence-electron chi connectivity index (χ3n) is 5.90. The van der Waals surface area contributed by atoms with Gasteiger partial charge in [-0.25, -0.2) is 4.98 Å². The predicted octanol–water partition coefficient (Wildman–Crippen LogP) is 2.20. The highest BCUT2D eigenvalue weighted by atomic mass is 16.5. The highest BCUT2D eigenvalue weighted by molar-refractivity contribution is 6.04. The van der Waals surface area contributed by atoms with Crippen molar-refractivity contribution in [2.75, 3.05) is 50.6 Å². The molecular formula is C24H25N7O4. The minimum Gasteiger partial charge on any atom is -0.494 e. The van der Waals surface area contributed by atoms with Crippen LogP contribution < -0.4 is 25.0 Å². The molecule has 0 aliphatic carbocycles. The number of nitrogens with one attached hydrogen (secondary N) is 2. The van der Waals surface area contributed by atoms with Crippen LogP contribution in [0.5, 0.6) is 17.4 Å². The first-order chi connectivity index (χ1) is 17.1. The quantitative estimate of drug-likeness (QED) is 0.385. The number of fused-ring (bicyclic) bond motifs is 1. The maximum Gasteiger partial charge on any atom is 0.276 e. The van der Waals surface area contributed by atoms with E-state index in [-0.39, 0.29) is 17.4 Å². The van der Waals surface area contributed by atoms with Crippen molar-refractivity contribution in [3.05, 3.63) is 54.9 Å². The number of rotatable bonds is 6. The van der Waals surface area contributed by atoms with Gasteiger partial charge in [-0.15, -0.1) is 0 Å². The molecule has 0 atom stereocenters. The van der Waals surface area contributed by atoms with Gasteiger partial charge in [-0.2, -0.15) is 0 Å². The molecule has 1 saturated heterocycles. The van der Waals surface area contributed by atoms with Crippen LogP contribution in [-0.2, 0) is 0 Å². The van der Waals surface area contributed by atoms with Crippen molar-refractivity contribution in [1.29, 1.82) is 0 Å². The summed E-state index contributed by atoms with van der Waals surface area (Å²) in [5.41, 5.74) is 1.60. The lowest BCUT2D eigenvalue weighted by atomic mass is 10.2. The number of anilines is 2. The van der Waals surface area contributed by atoms with Crippen LogP contribution in [0.3, 0.4) is 0 Å². The van der Waals surface area contributed by atoms with E-state index in [4.69, 9.17) is 9.47 Å². The van der Waals surface area contributed by atoms with E-state index in [0.29, 0.717) is 28.0 Å². The smallest absolute Gasteiger partial charge is 0.276 e. The Morgan fingerprint density at radius 1 is 1.09 bits per heavy atom. The van der Waals surface area contributed by atoms with Gasteiger partial charge in [0.2, 0.25) is 5.88 Å². The molecule has 4 aromatic rings. The van der Waals surface area contributed by atoms with Gasteiger partial charge in [-0.05, 0) is 18.2 Å². The number of benzene rings is 1. The molecule has 0 saturated carbocycles. The molecule has 1 amide bonds. The molecule has 1 aromatic carbocycles. The maximum atomic E-state index is 13.1. The number of hydrogen-bond donors (Lipinski definition) is 3. The van der Waals surface area contributed by atoms with E-state index >= 15 is 0 Å². The standard InChI is InChI=1S/C24H25N7O4/c1-34-20-9-15-14-31(24(33)16(15)10-21(20)35-2)22-13-27-12-18(28-22)23(32)29-17-11-26-4-3-19(17)30-7-5-25-6-8-30/h3-4,9-14,25,33H,5-8H2,1-2H3,(H,29,32). The SMILES string of the molecule is COc1cc2cn(-c3cncc(C(=O)Nc4cnccc4N4CCNCC4)n3)c(O)c2cc1OC. The fourth-order valence-electron chi connectivity index (χ4n) is 4.13. The molecule has 0 radical (unpaired) electrons. The zero-order valence-electron chi connectivity index (χ0n) is 19.4. The van der Waals surface area contributed by atoms with E-state index in [1.807, 2.05) is 6.07 Å². The molecule has 3 N–H and O–H groups in total. The number of carbonyl (C=O) groups is 1. The van der Waals surface area contributed by atoms with Gasteiger partial charge in [0.1, 0.15) is 5.69 Å². The average Bonchev–Trinajstić information content (AvgIpc) is 3.23. The summed E-state index contributed by atoms with van der Waals surface area (Å²) in [6.45, 7) is 3.40. The van der Waals surface area contributed by atoms with Crippen molar-refractivity contribution in [3.8, 4) is 23.2 Å². The van der Waals surface area contributed by atoms with E-state index in [2.05, 4.69) is 30.5 Å². The van der Waals surface area contributed by atoms with Crippen LogP contribution in [0.15, 0.2) is 49.2 Å². The second-order valence-corrected chi connectivity index (χ2v) is 7.96. The lowest BCUT2D eigenvalue weighted by Crippen LogP contribution is -2.43. The number of aromatic nitrogens is 4. The molecule has 11 nitrogen and oxygen atoms in total. The van der Waals surface area contributed by atoms with Gasteiger partial charge in [-0.3, -0.25) is 19.3 Å². The fraction of sp³-hybridized carbons (Fsp3) is 0.250. The van der Waals surface area contributed by atoms with Crippen molar-refractivity contribution in [3.63, 3.8) is 0 Å². The largest absolute Gasteiger partial charge is 0.494 e. The highest BCUT2D eigenvalue weighted by Gasteiger charge is 2.19.